The van der Waals surface area contributed by atoms with Crippen LogP contribution in [0.3, 0.4) is 0 Å². The van der Waals surface area contributed by atoms with E-state index in [1.165, 1.54) is 19.0 Å². The second kappa shape index (κ2) is 4.23. The first-order chi connectivity index (χ1) is 8.20. The third-order valence-electron chi connectivity index (χ3n) is 3.47. The van der Waals surface area contributed by atoms with E-state index in [0.717, 1.165) is 24.2 Å². The van der Waals surface area contributed by atoms with Crippen molar-refractivity contribution in [2.75, 3.05) is 5.32 Å². The molecule has 2 aliphatic rings. The number of aromatic nitrogens is 1. The largest absolute Gasteiger partial charge is 0.358 e. The smallest absolute Gasteiger partial charge is 0.345 e. The summed E-state index contributed by atoms with van der Waals surface area (Å²) in [7, 11) is 0. The molecule has 0 aromatic carbocycles. The SMILES string of the molecule is O=[N+]([O-])c1cnc(NC2CC3CCC(C2)N3)s1. The minimum Gasteiger partial charge on any atom is -0.358 e. The molecule has 2 atom stereocenters. The summed E-state index contributed by atoms with van der Waals surface area (Å²) in [5.41, 5.74) is 0. The van der Waals surface area contributed by atoms with Gasteiger partial charge >= 0.3 is 5.00 Å². The Morgan fingerprint density at radius 2 is 2.18 bits per heavy atom. The fourth-order valence-corrected chi connectivity index (χ4v) is 3.48. The van der Waals surface area contributed by atoms with Gasteiger partial charge in [0.05, 0.1) is 4.92 Å². The van der Waals surface area contributed by atoms with Crippen molar-refractivity contribution in [1.82, 2.24) is 10.3 Å². The number of anilines is 1. The first kappa shape index (κ1) is 10.9. The first-order valence-electron chi connectivity index (χ1n) is 5.83. The summed E-state index contributed by atoms with van der Waals surface area (Å²) >= 11 is 1.12. The molecule has 2 bridgehead atoms. The van der Waals surface area contributed by atoms with Gasteiger partial charge in [0.25, 0.3) is 0 Å². The van der Waals surface area contributed by atoms with E-state index in [1.54, 1.807) is 0 Å². The standard InChI is InChI=1S/C10H14N4O2S/c15-14(16)9-5-11-10(17-9)13-8-3-6-1-2-7(4-8)12-6/h5-8,12H,1-4H2,(H,11,13). The van der Waals surface area contributed by atoms with Crippen LogP contribution in [0.1, 0.15) is 25.7 Å². The van der Waals surface area contributed by atoms with E-state index in [-0.39, 0.29) is 5.00 Å². The van der Waals surface area contributed by atoms with E-state index in [9.17, 15) is 10.1 Å². The second-order valence-electron chi connectivity index (χ2n) is 4.71. The van der Waals surface area contributed by atoms with E-state index in [1.807, 2.05) is 0 Å². The molecule has 2 unspecified atom stereocenters. The van der Waals surface area contributed by atoms with Crippen LogP contribution in [0.25, 0.3) is 0 Å². The van der Waals surface area contributed by atoms with Gasteiger partial charge in [0.2, 0.25) is 0 Å². The monoisotopic (exact) mass is 254 g/mol. The molecule has 0 amide bonds. The van der Waals surface area contributed by atoms with Gasteiger partial charge < -0.3 is 10.6 Å². The molecule has 2 aliphatic heterocycles. The van der Waals surface area contributed by atoms with Gasteiger partial charge in [0.15, 0.2) is 5.13 Å². The number of nitro groups is 1. The lowest BCUT2D eigenvalue weighted by Crippen LogP contribution is -2.43. The van der Waals surface area contributed by atoms with Crippen molar-refractivity contribution < 1.29 is 4.92 Å². The normalized spacial score (nSPS) is 31.4. The maximum absolute atomic E-state index is 10.6. The van der Waals surface area contributed by atoms with Crippen molar-refractivity contribution in [1.29, 1.82) is 0 Å². The Hall–Kier alpha value is -1.21. The van der Waals surface area contributed by atoms with Crippen LogP contribution in [0.15, 0.2) is 6.20 Å². The lowest BCUT2D eigenvalue weighted by atomic mass is 10.0. The summed E-state index contributed by atoms with van der Waals surface area (Å²) < 4.78 is 0. The zero-order chi connectivity index (χ0) is 11.8. The Kier molecular flexibility index (Phi) is 2.71. The number of thiazole rings is 1. The molecule has 7 heteroatoms. The molecule has 3 heterocycles. The summed E-state index contributed by atoms with van der Waals surface area (Å²) in [6.07, 6.45) is 6.00. The van der Waals surface area contributed by atoms with Gasteiger partial charge in [-0.25, -0.2) is 4.98 Å². The molecule has 2 N–H and O–H groups in total. The molecule has 0 radical (unpaired) electrons. The molecule has 2 fully saturated rings. The van der Waals surface area contributed by atoms with Gasteiger partial charge in [-0.1, -0.05) is 0 Å². The molecule has 17 heavy (non-hydrogen) atoms. The molecule has 2 saturated heterocycles. The van der Waals surface area contributed by atoms with Crippen LogP contribution in [-0.2, 0) is 0 Å². The van der Waals surface area contributed by atoms with Crippen LogP contribution < -0.4 is 10.6 Å². The molecule has 1 aromatic rings. The van der Waals surface area contributed by atoms with E-state index < -0.39 is 4.92 Å². The lowest BCUT2D eigenvalue weighted by Gasteiger charge is -2.29. The zero-order valence-electron chi connectivity index (χ0n) is 9.26. The molecular weight excluding hydrogens is 240 g/mol. The van der Waals surface area contributed by atoms with E-state index in [2.05, 4.69) is 15.6 Å². The summed E-state index contributed by atoms with van der Waals surface area (Å²) in [6, 6.07) is 1.63. The number of piperidine rings is 1. The highest BCUT2D eigenvalue weighted by Crippen LogP contribution is 2.31. The Morgan fingerprint density at radius 3 is 2.76 bits per heavy atom. The Labute approximate surface area is 103 Å². The van der Waals surface area contributed by atoms with Crippen molar-refractivity contribution in [2.24, 2.45) is 0 Å². The van der Waals surface area contributed by atoms with Gasteiger partial charge in [-0.2, -0.15) is 0 Å². The number of hydrogen-bond donors (Lipinski definition) is 2. The maximum atomic E-state index is 10.6. The third-order valence-corrected chi connectivity index (χ3v) is 4.35. The number of hydrogen-bond acceptors (Lipinski definition) is 6. The average Bonchev–Trinajstić information content (AvgIpc) is 2.86. The average molecular weight is 254 g/mol. The summed E-state index contributed by atoms with van der Waals surface area (Å²) in [5.74, 6) is 0. The molecule has 92 valence electrons. The fourth-order valence-electron chi connectivity index (χ4n) is 2.77. The van der Waals surface area contributed by atoms with Gasteiger partial charge in [-0.05, 0) is 37.0 Å². The van der Waals surface area contributed by atoms with Crippen LogP contribution in [0.4, 0.5) is 10.1 Å². The highest BCUT2D eigenvalue weighted by Gasteiger charge is 2.33. The molecule has 0 aliphatic carbocycles. The fraction of sp³-hybridized carbons (Fsp3) is 0.700. The number of nitrogens with zero attached hydrogens (tertiary/aromatic N) is 2. The van der Waals surface area contributed by atoms with Crippen molar-refractivity contribution in [3.8, 4) is 0 Å². The van der Waals surface area contributed by atoms with Crippen molar-refractivity contribution in [3.63, 3.8) is 0 Å². The number of nitrogens with one attached hydrogen (secondary N) is 2. The van der Waals surface area contributed by atoms with Gasteiger partial charge in [0, 0.05) is 18.1 Å². The molecule has 6 nitrogen and oxygen atoms in total. The van der Waals surface area contributed by atoms with E-state index in [4.69, 9.17) is 0 Å². The summed E-state index contributed by atoms with van der Waals surface area (Å²) in [4.78, 5) is 14.2. The highest BCUT2D eigenvalue weighted by molar-refractivity contribution is 7.18. The quantitative estimate of drug-likeness (QED) is 0.634. The topological polar surface area (TPSA) is 80.1 Å². The van der Waals surface area contributed by atoms with E-state index in [0.29, 0.717) is 23.3 Å². The molecule has 3 rings (SSSR count). The van der Waals surface area contributed by atoms with Crippen LogP contribution in [-0.4, -0.2) is 28.0 Å². The Bertz CT molecular complexity index is 424. The third kappa shape index (κ3) is 2.25. The maximum Gasteiger partial charge on any atom is 0.345 e. The van der Waals surface area contributed by atoms with Crippen LogP contribution in [0.5, 0.6) is 0 Å². The summed E-state index contributed by atoms with van der Waals surface area (Å²) in [6.45, 7) is 0. The molecular formula is C10H14N4O2S. The molecule has 0 spiro atoms. The van der Waals surface area contributed by atoms with Crippen LogP contribution >= 0.6 is 11.3 Å². The predicted octanol–water partition coefficient (Wildman–Crippen LogP) is 1.75. The van der Waals surface area contributed by atoms with Crippen molar-refractivity contribution in [2.45, 2.75) is 43.8 Å². The highest BCUT2D eigenvalue weighted by atomic mass is 32.1. The predicted molar refractivity (Wildman–Crippen MR) is 65.4 cm³/mol. The lowest BCUT2D eigenvalue weighted by molar-refractivity contribution is -0.380. The van der Waals surface area contributed by atoms with Crippen molar-refractivity contribution in [3.05, 3.63) is 16.3 Å². The summed E-state index contributed by atoms with van der Waals surface area (Å²) in [5, 5.41) is 18.2. The van der Waals surface area contributed by atoms with Gasteiger partial charge in [-0.3, -0.25) is 10.1 Å². The van der Waals surface area contributed by atoms with Crippen molar-refractivity contribution >= 4 is 21.5 Å². The number of fused-ring (bicyclic) bond motifs is 2. The minimum absolute atomic E-state index is 0.101. The molecule has 0 saturated carbocycles. The first-order valence-corrected chi connectivity index (χ1v) is 6.65. The second-order valence-corrected chi connectivity index (χ2v) is 5.72. The minimum atomic E-state index is -0.394. The zero-order valence-corrected chi connectivity index (χ0v) is 10.1. The van der Waals surface area contributed by atoms with E-state index >= 15 is 0 Å². The Morgan fingerprint density at radius 1 is 1.47 bits per heavy atom. The van der Waals surface area contributed by atoms with Gasteiger partial charge in [0.1, 0.15) is 6.20 Å². The Balaban J connectivity index is 1.64. The number of rotatable bonds is 3. The van der Waals surface area contributed by atoms with Crippen LogP contribution in [0.2, 0.25) is 0 Å². The van der Waals surface area contributed by atoms with Crippen LogP contribution in [0, 0.1) is 10.1 Å². The van der Waals surface area contributed by atoms with Gasteiger partial charge in [-0.15, -0.1) is 0 Å². The molecule has 1 aromatic heterocycles.